The van der Waals surface area contributed by atoms with Gasteiger partial charge in [0.2, 0.25) is 0 Å². The summed E-state index contributed by atoms with van der Waals surface area (Å²) in [6.45, 7) is 0. The molecule has 0 aliphatic carbocycles. The Balaban J connectivity index is 1.05. The second-order valence-corrected chi connectivity index (χ2v) is 13.9. The van der Waals surface area contributed by atoms with Crippen LogP contribution in [0.1, 0.15) is 0 Å². The van der Waals surface area contributed by atoms with Crippen molar-refractivity contribution in [1.29, 1.82) is 0 Å². The van der Waals surface area contributed by atoms with Gasteiger partial charge in [-0.15, -0.1) is 0 Å². The van der Waals surface area contributed by atoms with Gasteiger partial charge in [-0.3, -0.25) is 4.98 Å². The third kappa shape index (κ3) is 5.29. The normalized spacial score (nSPS) is 11.6. The quantitative estimate of drug-likeness (QED) is 0.171. The molecule has 7 aromatic carbocycles. The van der Waals surface area contributed by atoms with Crippen LogP contribution >= 0.6 is 0 Å². The van der Waals surface area contributed by atoms with Crippen LogP contribution in [0.15, 0.2) is 197 Å². The van der Waals surface area contributed by atoms with E-state index >= 15 is 0 Å². The third-order valence-corrected chi connectivity index (χ3v) is 10.6. The molecule has 262 valence electrons. The summed E-state index contributed by atoms with van der Waals surface area (Å²) < 4.78 is 13.2. The highest BCUT2D eigenvalue weighted by Gasteiger charge is 2.21. The summed E-state index contributed by atoms with van der Waals surface area (Å²) in [7, 11) is 0. The number of pyridine rings is 1. The van der Waals surface area contributed by atoms with Gasteiger partial charge < -0.3 is 8.83 Å². The molecule has 0 atom stereocenters. The van der Waals surface area contributed by atoms with E-state index in [0.717, 1.165) is 105 Å². The Bertz CT molecular complexity index is 3240. The average Bonchev–Trinajstić information content (AvgIpc) is 3.86. The first kappa shape index (κ1) is 31.9. The summed E-state index contributed by atoms with van der Waals surface area (Å²) in [4.78, 5) is 15.0. The zero-order valence-electron chi connectivity index (χ0n) is 30.1. The minimum Gasteiger partial charge on any atom is -0.455 e. The van der Waals surface area contributed by atoms with Gasteiger partial charge in [-0.2, -0.15) is 0 Å². The highest BCUT2D eigenvalue weighted by atomic mass is 16.3. The number of rotatable bonds is 6. The Morgan fingerprint density at radius 2 is 0.946 bits per heavy atom. The lowest BCUT2D eigenvalue weighted by molar-refractivity contribution is 0.669. The first-order valence-corrected chi connectivity index (χ1v) is 18.7. The lowest BCUT2D eigenvalue weighted by Crippen LogP contribution is -1.97. The molecular weight excluding hydrogens is 687 g/mol. The lowest BCUT2D eigenvalue weighted by Gasteiger charge is -2.13. The molecule has 0 N–H and O–H groups in total. The van der Waals surface area contributed by atoms with E-state index in [9.17, 15) is 0 Å². The topological polar surface area (TPSA) is 65.0 Å². The van der Waals surface area contributed by atoms with E-state index in [1.165, 1.54) is 0 Å². The molecule has 0 amide bonds. The largest absolute Gasteiger partial charge is 0.455 e. The fourth-order valence-corrected chi connectivity index (χ4v) is 7.96. The Hall–Kier alpha value is -7.63. The highest BCUT2D eigenvalue weighted by molar-refractivity contribution is 6.19. The second-order valence-electron chi connectivity index (χ2n) is 13.9. The van der Waals surface area contributed by atoms with Gasteiger partial charge >= 0.3 is 0 Å². The van der Waals surface area contributed by atoms with Gasteiger partial charge in [-0.1, -0.05) is 146 Å². The number of aromatic nitrogens is 3. The maximum atomic E-state index is 6.70. The average molecular weight is 718 g/mol. The zero-order valence-corrected chi connectivity index (χ0v) is 30.1. The van der Waals surface area contributed by atoms with Gasteiger partial charge in [-0.25, -0.2) is 9.97 Å². The third-order valence-electron chi connectivity index (χ3n) is 10.6. The molecule has 4 heterocycles. The Kier molecular flexibility index (Phi) is 7.42. The molecule has 0 fully saturated rings. The van der Waals surface area contributed by atoms with Crippen LogP contribution in [0.4, 0.5) is 0 Å². The number of hydrogen-bond donors (Lipinski definition) is 0. The lowest BCUT2D eigenvalue weighted by atomic mass is 9.93. The van der Waals surface area contributed by atoms with Gasteiger partial charge in [0.1, 0.15) is 22.3 Å². The summed E-state index contributed by atoms with van der Waals surface area (Å²) >= 11 is 0. The van der Waals surface area contributed by atoms with Gasteiger partial charge in [0, 0.05) is 61.1 Å². The molecule has 11 rings (SSSR count). The van der Waals surface area contributed by atoms with Crippen molar-refractivity contribution < 1.29 is 8.83 Å². The monoisotopic (exact) mass is 717 g/mol. The van der Waals surface area contributed by atoms with E-state index in [4.69, 9.17) is 18.8 Å². The Labute approximate surface area is 322 Å². The summed E-state index contributed by atoms with van der Waals surface area (Å²) in [5, 5.41) is 4.33. The maximum absolute atomic E-state index is 6.70. The summed E-state index contributed by atoms with van der Waals surface area (Å²) in [5.41, 5.74) is 14.1. The molecule has 4 aromatic heterocycles. The van der Waals surface area contributed by atoms with Crippen LogP contribution < -0.4 is 0 Å². The number of para-hydroxylation sites is 3. The standard InChI is InChI=1S/C51H31N3O2/c1-2-13-33(14-3-1)44-31-45(37-16-5-4-15-36(37)43-21-10-11-30-52-43)54-51(53-44)34-26-24-32(25-27-34)35-28-29-39(48-42-18-7-9-23-47(42)56-50(35)48)41-20-12-19-40-38-17-6-8-22-46(38)55-49(40)41/h1-31H. The van der Waals surface area contributed by atoms with Gasteiger partial charge in [0.15, 0.2) is 5.82 Å². The SMILES string of the molecule is c1ccc(-c2cc(-c3ccccc3-c3ccccn3)nc(-c3ccc(-c4ccc(-c5cccc6c5oc5ccccc56)c5c4oc4ccccc45)cc3)n2)cc1. The molecule has 5 heteroatoms. The summed E-state index contributed by atoms with van der Waals surface area (Å²) in [6.07, 6.45) is 1.82. The van der Waals surface area contributed by atoms with Crippen molar-refractivity contribution in [3.63, 3.8) is 0 Å². The fourth-order valence-electron chi connectivity index (χ4n) is 7.96. The molecule has 5 nitrogen and oxygen atoms in total. The van der Waals surface area contributed by atoms with Gasteiger partial charge in [0.25, 0.3) is 0 Å². The van der Waals surface area contributed by atoms with Crippen LogP contribution in [0.25, 0.3) is 111 Å². The van der Waals surface area contributed by atoms with E-state index in [1.54, 1.807) is 0 Å². The first-order chi connectivity index (χ1) is 27.8. The number of fused-ring (bicyclic) bond motifs is 6. The molecule has 0 saturated carbocycles. The van der Waals surface area contributed by atoms with Crippen LogP contribution in [-0.2, 0) is 0 Å². The Morgan fingerprint density at radius 1 is 0.339 bits per heavy atom. The van der Waals surface area contributed by atoms with Crippen LogP contribution in [-0.4, -0.2) is 15.0 Å². The van der Waals surface area contributed by atoms with Crippen LogP contribution in [0, 0.1) is 0 Å². The van der Waals surface area contributed by atoms with Crippen LogP contribution in [0.3, 0.4) is 0 Å². The summed E-state index contributed by atoms with van der Waals surface area (Å²) in [6, 6.07) is 62.3. The predicted octanol–water partition coefficient (Wildman–Crippen LogP) is 13.7. The van der Waals surface area contributed by atoms with Crippen LogP contribution in [0.2, 0.25) is 0 Å². The minimum absolute atomic E-state index is 0.645. The number of hydrogen-bond acceptors (Lipinski definition) is 5. The molecule has 0 unspecified atom stereocenters. The molecule has 0 aliphatic rings. The van der Waals surface area contributed by atoms with Crippen molar-refractivity contribution in [3.8, 4) is 67.4 Å². The van der Waals surface area contributed by atoms with Crippen molar-refractivity contribution >= 4 is 43.9 Å². The van der Waals surface area contributed by atoms with Gasteiger partial charge in [-0.05, 0) is 47.5 Å². The van der Waals surface area contributed by atoms with Crippen molar-refractivity contribution in [3.05, 3.63) is 188 Å². The number of benzene rings is 7. The molecular formula is C51H31N3O2. The summed E-state index contributed by atoms with van der Waals surface area (Å²) in [5.74, 6) is 0.645. The molecule has 0 aliphatic heterocycles. The molecule has 0 bridgehead atoms. The minimum atomic E-state index is 0.645. The molecule has 56 heavy (non-hydrogen) atoms. The van der Waals surface area contributed by atoms with Crippen LogP contribution in [0.5, 0.6) is 0 Å². The fraction of sp³-hybridized carbons (Fsp3) is 0. The zero-order chi connectivity index (χ0) is 37.0. The maximum Gasteiger partial charge on any atom is 0.160 e. The van der Waals surface area contributed by atoms with E-state index in [0.29, 0.717) is 5.82 Å². The van der Waals surface area contributed by atoms with Crippen molar-refractivity contribution in [2.24, 2.45) is 0 Å². The van der Waals surface area contributed by atoms with Crippen molar-refractivity contribution in [2.75, 3.05) is 0 Å². The number of nitrogens with zero attached hydrogens (tertiary/aromatic N) is 3. The van der Waals surface area contributed by atoms with E-state index in [2.05, 4.69) is 114 Å². The number of furan rings is 2. The Morgan fingerprint density at radius 3 is 1.75 bits per heavy atom. The molecule has 0 saturated heterocycles. The second kappa shape index (κ2) is 13.0. The van der Waals surface area contributed by atoms with E-state index < -0.39 is 0 Å². The van der Waals surface area contributed by atoms with Crippen molar-refractivity contribution in [1.82, 2.24) is 15.0 Å². The molecule has 0 radical (unpaired) electrons. The van der Waals surface area contributed by atoms with Gasteiger partial charge in [0.05, 0.1) is 17.1 Å². The van der Waals surface area contributed by atoms with E-state index in [-0.39, 0.29) is 0 Å². The van der Waals surface area contributed by atoms with Crippen molar-refractivity contribution in [2.45, 2.75) is 0 Å². The predicted molar refractivity (Wildman–Crippen MR) is 227 cm³/mol. The first-order valence-electron chi connectivity index (χ1n) is 18.7. The highest BCUT2D eigenvalue weighted by Crippen LogP contribution is 2.45. The molecule has 0 spiro atoms. The smallest absolute Gasteiger partial charge is 0.160 e. The molecule has 11 aromatic rings. The van der Waals surface area contributed by atoms with E-state index in [1.807, 2.05) is 79.0 Å².